The molecule has 0 saturated heterocycles. The topological polar surface area (TPSA) is 58.4 Å². The summed E-state index contributed by atoms with van der Waals surface area (Å²) in [5.41, 5.74) is 4.89. The van der Waals surface area contributed by atoms with Gasteiger partial charge in [0.25, 0.3) is 5.91 Å². The van der Waals surface area contributed by atoms with Gasteiger partial charge in [0.15, 0.2) is 5.69 Å². The van der Waals surface area contributed by atoms with Crippen molar-refractivity contribution in [2.24, 2.45) is 0 Å². The maximum atomic E-state index is 13.3. The standard InChI is InChI=1S/C24H28FN3O2/c1-16(2)26-24(29)22-15-30-23(27-22)14-28(12-19-6-9-21(25)10-7-19)13-20-8-5-17(3)11-18(20)4/h5-11,15-16H,12-14H2,1-4H3,(H,26,29). The van der Waals surface area contributed by atoms with Crippen molar-refractivity contribution in [2.45, 2.75) is 53.4 Å². The molecule has 1 heterocycles. The fourth-order valence-electron chi connectivity index (χ4n) is 3.30. The van der Waals surface area contributed by atoms with Crippen molar-refractivity contribution in [2.75, 3.05) is 0 Å². The van der Waals surface area contributed by atoms with Gasteiger partial charge in [-0.2, -0.15) is 0 Å². The van der Waals surface area contributed by atoms with Crippen LogP contribution in [-0.2, 0) is 19.6 Å². The third kappa shape index (κ3) is 6.00. The fourth-order valence-corrected chi connectivity index (χ4v) is 3.30. The minimum atomic E-state index is -0.256. The average Bonchev–Trinajstić information content (AvgIpc) is 3.14. The number of nitrogens with one attached hydrogen (secondary N) is 1. The molecule has 1 N–H and O–H groups in total. The van der Waals surface area contributed by atoms with Crippen molar-refractivity contribution >= 4 is 5.91 Å². The summed E-state index contributed by atoms with van der Waals surface area (Å²) < 4.78 is 18.9. The molecule has 1 amide bonds. The number of oxazole rings is 1. The lowest BCUT2D eigenvalue weighted by atomic mass is 10.0. The fraction of sp³-hybridized carbons (Fsp3) is 0.333. The number of halogens is 1. The zero-order valence-electron chi connectivity index (χ0n) is 17.9. The van der Waals surface area contributed by atoms with E-state index < -0.39 is 0 Å². The number of carbonyl (C=O) groups is 1. The SMILES string of the molecule is Cc1ccc(CN(Cc2ccc(F)cc2)Cc2nc(C(=O)NC(C)C)co2)c(C)c1. The summed E-state index contributed by atoms with van der Waals surface area (Å²) in [6, 6.07) is 12.9. The Hall–Kier alpha value is -2.99. The number of aromatic nitrogens is 1. The predicted octanol–water partition coefficient (Wildman–Crippen LogP) is 4.77. The first kappa shape index (κ1) is 21.7. The van der Waals surface area contributed by atoms with E-state index in [4.69, 9.17) is 4.42 Å². The molecular formula is C24H28FN3O2. The zero-order chi connectivity index (χ0) is 21.7. The molecule has 5 nitrogen and oxygen atoms in total. The Morgan fingerprint density at radius 1 is 1.10 bits per heavy atom. The summed E-state index contributed by atoms with van der Waals surface area (Å²) in [7, 11) is 0. The van der Waals surface area contributed by atoms with Gasteiger partial charge in [0.05, 0.1) is 6.54 Å². The van der Waals surface area contributed by atoms with E-state index in [1.54, 1.807) is 12.1 Å². The Labute approximate surface area is 176 Å². The van der Waals surface area contributed by atoms with Crippen LogP contribution in [0.5, 0.6) is 0 Å². The Morgan fingerprint density at radius 3 is 2.50 bits per heavy atom. The van der Waals surface area contributed by atoms with E-state index in [-0.39, 0.29) is 23.5 Å². The van der Waals surface area contributed by atoms with Crippen molar-refractivity contribution in [1.82, 2.24) is 15.2 Å². The molecule has 6 heteroatoms. The molecule has 0 bridgehead atoms. The minimum absolute atomic E-state index is 0.0251. The minimum Gasteiger partial charge on any atom is -0.447 e. The quantitative estimate of drug-likeness (QED) is 0.582. The monoisotopic (exact) mass is 409 g/mol. The molecule has 30 heavy (non-hydrogen) atoms. The molecule has 0 spiro atoms. The number of carbonyl (C=O) groups excluding carboxylic acids is 1. The summed E-state index contributed by atoms with van der Waals surface area (Å²) in [6.07, 6.45) is 1.39. The molecule has 0 unspecified atom stereocenters. The van der Waals surface area contributed by atoms with Crippen LogP contribution in [0.15, 0.2) is 53.1 Å². The van der Waals surface area contributed by atoms with Gasteiger partial charge in [0.2, 0.25) is 5.89 Å². The molecule has 0 fully saturated rings. The third-order valence-electron chi connectivity index (χ3n) is 4.77. The third-order valence-corrected chi connectivity index (χ3v) is 4.77. The smallest absolute Gasteiger partial charge is 0.273 e. The van der Waals surface area contributed by atoms with Gasteiger partial charge in [-0.15, -0.1) is 0 Å². The van der Waals surface area contributed by atoms with Crippen molar-refractivity contribution in [3.63, 3.8) is 0 Å². The second-order valence-corrected chi connectivity index (χ2v) is 7.96. The second kappa shape index (κ2) is 9.67. The van der Waals surface area contributed by atoms with Crippen LogP contribution in [0, 0.1) is 19.7 Å². The average molecular weight is 410 g/mol. The van der Waals surface area contributed by atoms with E-state index in [0.29, 0.717) is 25.5 Å². The van der Waals surface area contributed by atoms with Crippen molar-refractivity contribution in [1.29, 1.82) is 0 Å². The summed E-state index contributed by atoms with van der Waals surface area (Å²) in [6.45, 7) is 9.67. The van der Waals surface area contributed by atoms with Crippen molar-refractivity contribution < 1.29 is 13.6 Å². The van der Waals surface area contributed by atoms with Crippen LogP contribution >= 0.6 is 0 Å². The summed E-state index contributed by atoms with van der Waals surface area (Å²) in [5, 5.41) is 2.81. The molecule has 1 aromatic heterocycles. The van der Waals surface area contributed by atoms with Gasteiger partial charge in [-0.05, 0) is 56.5 Å². The molecule has 0 saturated carbocycles. The lowest BCUT2D eigenvalue weighted by molar-refractivity contribution is 0.0938. The Kier molecular flexibility index (Phi) is 7.00. The molecule has 0 aliphatic carbocycles. The number of hydrogen-bond donors (Lipinski definition) is 1. The summed E-state index contributed by atoms with van der Waals surface area (Å²) in [4.78, 5) is 18.7. The molecule has 3 aromatic rings. The molecule has 158 valence electrons. The normalized spacial score (nSPS) is 11.3. The maximum Gasteiger partial charge on any atom is 0.273 e. The van der Waals surface area contributed by atoms with E-state index in [0.717, 1.165) is 5.56 Å². The van der Waals surface area contributed by atoms with Crippen molar-refractivity contribution in [3.8, 4) is 0 Å². The van der Waals surface area contributed by atoms with E-state index in [9.17, 15) is 9.18 Å². The largest absolute Gasteiger partial charge is 0.447 e. The summed E-state index contributed by atoms with van der Waals surface area (Å²) >= 11 is 0. The highest BCUT2D eigenvalue weighted by atomic mass is 19.1. The van der Waals surface area contributed by atoms with E-state index in [1.807, 2.05) is 13.8 Å². The molecule has 0 aliphatic rings. The highest BCUT2D eigenvalue weighted by Crippen LogP contribution is 2.18. The van der Waals surface area contributed by atoms with Crippen LogP contribution in [0.25, 0.3) is 0 Å². The zero-order valence-corrected chi connectivity index (χ0v) is 17.9. The highest BCUT2D eigenvalue weighted by Gasteiger charge is 2.17. The van der Waals surface area contributed by atoms with Gasteiger partial charge in [-0.1, -0.05) is 35.9 Å². The predicted molar refractivity (Wildman–Crippen MR) is 114 cm³/mol. The molecule has 3 rings (SSSR count). The molecule has 0 aliphatic heterocycles. The van der Waals surface area contributed by atoms with Crippen LogP contribution in [0.4, 0.5) is 4.39 Å². The Bertz CT molecular complexity index is 996. The lowest BCUT2D eigenvalue weighted by Crippen LogP contribution is -2.30. The summed E-state index contributed by atoms with van der Waals surface area (Å²) in [5.74, 6) is -0.0385. The maximum absolute atomic E-state index is 13.3. The van der Waals surface area contributed by atoms with Crippen LogP contribution < -0.4 is 5.32 Å². The van der Waals surface area contributed by atoms with Gasteiger partial charge >= 0.3 is 0 Å². The van der Waals surface area contributed by atoms with Crippen LogP contribution in [0.2, 0.25) is 0 Å². The van der Waals surface area contributed by atoms with E-state index in [1.165, 1.54) is 35.1 Å². The number of nitrogens with zero attached hydrogens (tertiary/aromatic N) is 2. The first-order valence-corrected chi connectivity index (χ1v) is 10.1. The van der Waals surface area contributed by atoms with Crippen LogP contribution in [0.3, 0.4) is 0 Å². The number of aryl methyl sites for hydroxylation is 2. The lowest BCUT2D eigenvalue weighted by Gasteiger charge is -2.22. The van der Waals surface area contributed by atoms with Gasteiger partial charge in [0, 0.05) is 19.1 Å². The molecule has 0 atom stereocenters. The number of hydrogen-bond acceptors (Lipinski definition) is 4. The van der Waals surface area contributed by atoms with Crippen LogP contribution in [-0.4, -0.2) is 21.8 Å². The van der Waals surface area contributed by atoms with Crippen molar-refractivity contribution in [3.05, 3.63) is 88.4 Å². The number of rotatable bonds is 8. The van der Waals surface area contributed by atoms with Gasteiger partial charge in [-0.3, -0.25) is 9.69 Å². The first-order valence-electron chi connectivity index (χ1n) is 10.1. The Balaban J connectivity index is 1.79. The van der Waals surface area contributed by atoms with E-state index >= 15 is 0 Å². The molecule has 2 aromatic carbocycles. The molecule has 0 radical (unpaired) electrons. The van der Waals surface area contributed by atoms with Gasteiger partial charge in [-0.25, -0.2) is 9.37 Å². The number of amides is 1. The van der Waals surface area contributed by atoms with E-state index in [2.05, 4.69) is 47.2 Å². The molecular weight excluding hydrogens is 381 g/mol. The van der Waals surface area contributed by atoms with Gasteiger partial charge < -0.3 is 9.73 Å². The first-order chi connectivity index (χ1) is 14.3. The Morgan fingerprint density at radius 2 is 1.83 bits per heavy atom. The number of benzene rings is 2. The highest BCUT2D eigenvalue weighted by molar-refractivity contribution is 5.92. The van der Waals surface area contributed by atoms with Gasteiger partial charge in [0.1, 0.15) is 12.1 Å². The van der Waals surface area contributed by atoms with Crippen LogP contribution in [0.1, 0.15) is 52.5 Å². The second-order valence-electron chi connectivity index (χ2n) is 7.96.